The topological polar surface area (TPSA) is 67.8 Å². The summed E-state index contributed by atoms with van der Waals surface area (Å²) in [5.74, 6) is 0.909. The van der Waals surface area contributed by atoms with Crippen LogP contribution in [0.2, 0.25) is 0 Å². The summed E-state index contributed by atoms with van der Waals surface area (Å²) < 4.78 is 25.7. The van der Waals surface area contributed by atoms with E-state index in [9.17, 15) is 9.18 Å². The Hall–Kier alpha value is -3.68. The smallest absolute Gasteiger partial charge is 0.257 e. The van der Waals surface area contributed by atoms with Crippen LogP contribution in [0.5, 0.6) is 17.4 Å². The number of anilines is 1. The Labute approximate surface area is 191 Å². The fourth-order valence-corrected chi connectivity index (χ4v) is 4.31. The Kier molecular flexibility index (Phi) is 5.81. The molecule has 0 spiro atoms. The Balaban J connectivity index is 1.50. The van der Waals surface area contributed by atoms with Gasteiger partial charge < -0.3 is 19.3 Å². The van der Waals surface area contributed by atoms with Gasteiger partial charge in [-0.2, -0.15) is 4.98 Å². The molecule has 1 fully saturated rings. The molecule has 2 aliphatic rings. The van der Waals surface area contributed by atoms with Crippen LogP contribution in [0.3, 0.4) is 0 Å². The second-order valence-corrected chi connectivity index (χ2v) is 8.16. The molecule has 0 unspecified atom stereocenters. The molecule has 33 heavy (non-hydrogen) atoms. The molecule has 5 rings (SSSR count). The molecule has 0 N–H and O–H groups in total. The minimum Gasteiger partial charge on any atom is -0.496 e. The first-order chi connectivity index (χ1) is 16.1. The van der Waals surface area contributed by atoms with E-state index >= 15 is 0 Å². The largest absolute Gasteiger partial charge is 0.496 e. The maximum absolute atomic E-state index is 14.4. The van der Waals surface area contributed by atoms with Gasteiger partial charge in [0.05, 0.1) is 30.5 Å². The number of benzene rings is 2. The van der Waals surface area contributed by atoms with Crippen molar-refractivity contribution in [2.75, 3.05) is 31.6 Å². The molecule has 2 aromatic carbocycles. The number of amides is 1. The van der Waals surface area contributed by atoms with Gasteiger partial charge in [-0.25, -0.2) is 9.37 Å². The van der Waals surface area contributed by atoms with Crippen molar-refractivity contribution >= 4 is 11.9 Å². The molecule has 1 saturated heterocycles. The number of nitrogens with zero attached hydrogens (tertiary/aromatic N) is 4. The third-order valence-electron chi connectivity index (χ3n) is 6.07. The van der Waals surface area contributed by atoms with Crippen LogP contribution in [0, 0.1) is 5.82 Å². The third-order valence-corrected chi connectivity index (χ3v) is 6.07. The number of aromatic nitrogens is 2. The summed E-state index contributed by atoms with van der Waals surface area (Å²) >= 11 is 0. The molecule has 0 aliphatic carbocycles. The standard InChI is InChI=1S/C25H25FN4O3/c1-32-21-10-4-2-8-17(21)24(31)30-15-12-20-18(16-30)23(33-22-11-5-3-9-19(22)26)28-25(27-20)29-13-6-7-14-29/h2-5,8-11H,6-7,12-16H2,1H3. The predicted molar refractivity (Wildman–Crippen MR) is 121 cm³/mol. The number of carbonyl (C=O) groups excluding carboxylic acids is 1. The van der Waals surface area contributed by atoms with Gasteiger partial charge in [-0.1, -0.05) is 24.3 Å². The first-order valence-electron chi connectivity index (χ1n) is 11.1. The summed E-state index contributed by atoms with van der Waals surface area (Å²) in [5.41, 5.74) is 2.03. The van der Waals surface area contributed by atoms with E-state index in [1.165, 1.54) is 6.07 Å². The van der Waals surface area contributed by atoms with Gasteiger partial charge in [0, 0.05) is 26.1 Å². The zero-order valence-electron chi connectivity index (χ0n) is 18.5. The lowest BCUT2D eigenvalue weighted by atomic mass is 10.0. The van der Waals surface area contributed by atoms with E-state index in [2.05, 4.69) is 9.88 Å². The first kappa shape index (κ1) is 21.2. The van der Waals surface area contributed by atoms with Gasteiger partial charge in [0.15, 0.2) is 11.6 Å². The van der Waals surface area contributed by atoms with Gasteiger partial charge in [0.2, 0.25) is 11.8 Å². The molecule has 2 aliphatic heterocycles. The maximum Gasteiger partial charge on any atom is 0.257 e. The van der Waals surface area contributed by atoms with Gasteiger partial charge in [0.25, 0.3) is 5.91 Å². The van der Waals surface area contributed by atoms with Gasteiger partial charge in [-0.3, -0.25) is 4.79 Å². The number of hydrogen-bond acceptors (Lipinski definition) is 6. The monoisotopic (exact) mass is 448 g/mol. The molecule has 8 heteroatoms. The van der Waals surface area contributed by atoms with Crippen LogP contribution in [0.1, 0.15) is 34.5 Å². The van der Waals surface area contributed by atoms with Crippen LogP contribution in [0.25, 0.3) is 0 Å². The van der Waals surface area contributed by atoms with E-state index in [0.717, 1.165) is 31.6 Å². The SMILES string of the molecule is COc1ccccc1C(=O)N1CCc2nc(N3CCCC3)nc(Oc3ccccc3F)c2C1. The molecule has 0 saturated carbocycles. The number of fused-ring (bicyclic) bond motifs is 1. The number of halogens is 1. The molecule has 1 amide bonds. The van der Waals surface area contributed by atoms with Crippen LogP contribution in [-0.2, 0) is 13.0 Å². The molecule has 0 atom stereocenters. The molecule has 0 bridgehead atoms. The zero-order chi connectivity index (χ0) is 22.8. The molecular weight excluding hydrogens is 423 g/mol. The highest BCUT2D eigenvalue weighted by molar-refractivity contribution is 5.97. The quantitative estimate of drug-likeness (QED) is 0.582. The van der Waals surface area contributed by atoms with Crippen LogP contribution in [-0.4, -0.2) is 47.5 Å². The lowest BCUT2D eigenvalue weighted by molar-refractivity contribution is 0.0728. The van der Waals surface area contributed by atoms with Crippen molar-refractivity contribution in [1.82, 2.24) is 14.9 Å². The summed E-state index contributed by atoms with van der Waals surface area (Å²) in [6, 6.07) is 13.4. The summed E-state index contributed by atoms with van der Waals surface area (Å²) in [5, 5.41) is 0. The number of hydrogen-bond donors (Lipinski definition) is 0. The van der Waals surface area contributed by atoms with Crippen molar-refractivity contribution in [3.8, 4) is 17.4 Å². The highest BCUT2D eigenvalue weighted by Crippen LogP contribution is 2.34. The highest BCUT2D eigenvalue weighted by Gasteiger charge is 2.30. The zero-order valence-corrected chi connectivity index (χ0v) is 18.5. The van der Waals surface area contributed by atoms with E-state index < -0.39 is 5.82 Å². The average molecular weight is 448 g/mol. The van der Waals surface area contributed by atoms with E-state index in [1.807, 2.05) is 12.1 Å². The van der Waals surface area contributed by atoms with Gasteiger partial charge >= 0.3 is 0 Å². The number of methoxy groups -OCH3 is 1. The van der Waals surface area contributed by atoms with E-state index in [4.69, 9.17) is 14.5 Å². The molecule has 170 valence electrons. The molecular formula is C25H25FN4O3. The van der Waals surface area contributed by atoms with Gasteiger partial charge in [-0.05, 0) is 37.1 Å². The van der Waals surface area contributed by atoms with Crippen molar-refractivity contribution in [2.24, 2.45) is 0 Å². The van der Waals surface area contributed by atoms with Crippen molar-refractivity contribution in [2.45, 2.75) is 25.8 Å². The van der Waals surface area contributed by atoms with Crippen LogP contribution >= 0.6 is 0 Å². The number of carbonyl (C=O) groups is 1. The minimum absolute atomic E-state index is 0.0963. The van der Waals surface area contributed by atoms with Gasteiger partial charge in [0.1, 0.15) is 5.75 Å². The van der Waals surface area contributed by atoms with Crippen LogP contribution < -0.4 is 14.4 Å². The van der Waals surface area contributed by atoms with Crippen molar-refractivity contribution in [1.29, 1.82) is 0 Å². The third kappa shape index (κ3) is 4.20. The van der Waals surface area contributed by atoms with Crippen molar-refractivity contribution in [3.63, 3.8) is 0 Å². The second-order valence-electron chi connectivity index (χ2n) is 8.16. The van der Waals surface area contributed by atoms with Crippen LogP contribution in [0.15, 0.2) is 48.5 Å². The lowest BCUT2D eigenvalue weighted by Gasteiger charge is -2.30. The first-order valence-corrected chi connectivity index (χ1v) is 11.1. The van der Waals surface area contributed by atoms with Gasteiger partial charge in [-0.15, -0.1) is 0 Å². The second kappa shape index (κ2) is 9.05. The number of ether oxygens (including phenoxy) is 2. The number of rotatable bonds is 5. The van der Waals surface area contributed by atoms with Crippen molar-refractivity contribution < 1.29 is 18.7 Å². The summed E-state index contributed by atoms with van der Waals surface area (Å²) in [4.78, 5) is 26.6. The molecule has 7 nitrogen and oxygen atoms in total. The van der Waals surface area contributed by atoms with E-state index in [-0.39, 0.29) is 18.2 Å². The summed E-state index contributed by atoms with van der Waals surface area (Å²) in [7, 11) is 1.55. The average Bonchev–Trinajstić information content (AvgIpc) is 3.40. The summed E-state index contributed by atoms with van der Waals surface area (Å²) in [6.45, 7) is 2.56. The van der Waals surface area contributed by atoms with E-state index in [1.54, 1.807) is 42.3 Å². The molecule has 3 heterocycles. The molecule has 1 aromatic heterocycles. The van der Waals surface area contributed by atoms with Crippen molar-refractivity contribution in [3.05, 3.63) is 71.2 Å². The predicted octanol–water partition coefficient (Wildman–Crippen LogP) is 4.22. The fourth-order valence-electron chi connectivity index (χ4n) is 4.31. The highest BCUT2D eigenvalue weighted by atomic mass is 19.1. The van der Waals surface area contributed by atoms with Crippen LogP contribution in [0.4, 0.5) is 10.3 Å². The fraction of sp³-hybridized carbons (Fsp3) is 0.320. The maximum atomic E-state index is 14.4. The Morgan fingerprint density at radius 1 is 0.970 bits per heavy atom. The normalized spacial score (nSPS) is 15.3. The lowest BCUT2D eigenvalue weighted by Crippen LogP contribution is -2.37. The minimum atomic E-state index is -0.467. The Morgan fingerprint density at radius 2 is 1.70 bits per heavy atom. The van der Waals surface area contributed by atoms with E-state index in [0.29, 0.717) is 41.7 Å². The Bertz CT molecular complexity index is 1180. The molecule has 3 aromatic rings. The molecule has 0 radical (unpaired) electrons. The Morgan fingerprint density at radius 3 is 2.45 bits per heavy atom. The summed E-state index contributed by atoms with van der Waals surface area (Å²) in [6.07, 6.45) is 2.74. The number of para-hydroxylation sites is 2.